The predicted octanol–water partition coefficient (Wildman–Crippen LogP) is 3.64. The lowest BCUT2D eigenvalue weighted by molar-refractivity contribution is -0.0883. The van der Waals surface area contributed by atoms with Crippen LogP contribution in [0.2, 0.25) is 5.02 Å². The molecule has 1 aromatic carbocycles. The maximum atomic E-state index is 12.2. The van der Waals surface area contributed by atoms with Gasteiger partial charge in [0.25, 0.3) is 0 Å². The first-order chi connectivity index (χ1) is 6.84. The lowest BCUT2D eigenvalue weighted by Gasteiger charge is -2.09. The molecule has 0 aliphatic rings. The smallest absolute Gasteiger partial charge is 0.289 e. The van der Waals surface area contributed by atoms with Gasteiger partial charge in [-0.05, 0) is 12.1 Å². The van der Waals surface area contributed by atoms with E-state index in [1.54, 1.807) is 0 Å². The molecule has 0 unspecified atom stereocenters. The summed E-state index contributed by atoms with van der Waals surface area (Å²) < 4.78 is 36.5. The number of Topliss-reactive ketones (excluding diaryl/α,β-unsaturated/α-hetero) is 1. The van der Waals surface area contributed by atoms with Crippen LogP contribution in [0.5, 0.6) is 0 Å². The number of allylic oxidation sites excluding steroid dienone is 1. The van der Waals surface area contributed by atoms with Gasteiger partial charge in [0.05, 0.1) is 10.6 Å². The van der Waals surface area contributed by atoms with E-state index in [2.05, 4.69) is 6.58 Å². The molecule has 80 valence electrons. The van der Waals surface area contributed by atoms with E-state index >= 15 is 0 Å². The van der Waals surface area contributed by atoms with Crippen molar-refractivity contribution in [3.05, 3.63) is 47.0 Å². The molecule has 0 amide bonds. The van der Waals surface area contributed by atoms with E-state index in [4.69, 9.17) is 11.6 Å². The highest BCUT2D eigenvalue weighted by atomic mass is 35.5. The number of carbonyl (C=O) groups excluding carboxylic acids is 1. The van der Waals surface area contributed by atoms with Gasteiger partial charge in [-0.15, -0.1) is 0 Å². The topological polar surface area (TPSA) is 17.1 Å². The second kappa shape index (κ2) is 4.06. The Morgan fingerprint density at radius 2 is 1.80 bits per heavy atom. The third-order valence-corrected chi connectivity index (χ3v) is 2.06. The summed E-state index contributed by atoms with van der Waals surface area (Å²) in [4.78, 5) is 11.3. The first-order valence-electron chi connectivity index (χ1n) is 3.89. The summed E-state index contributed by atoms with van der Waals surface area (Å²) >= 11 is 5.58. The summed E-state index contributed by atoms with van der Waals surface area (Å²) in [5, 5.41) is -0.0205. The number of carbonyl (C=O) groups is 1. The van der Waals surface area contributed by atoms with Crippen molar-refractivity contribution in [2.45, 2.75) is 6.18 Å². The number of halogens is 4. The number of rotatable bonds is 2. The minimum atomic E-state index is -4.73. The Morgan fingerprint density at radius 3 is 2.27 bits per heavy atom. The van der Waals surface area contributed by atoms with Crippen molar-refractivity contribution in [3.8, 4) is 0 Å². The molecule has 0 N–H and O–H groups in total. The van der Waals surface area contributed by atoms with Crippen LogP contribution in [-0.2, 0) is 0 Å². The monoisotopic (exact) mass is 234 g/mol. The van der Waals surface area contributed by atoms with Gasteiger partial charge in [0, 0.05) is 5.56 Å². The Morgan fingerprint density at radius 1 is 1.27 bits per heavy atom. The Labute approximate surface area is 89.2 Å². The fraction of sp³-hybridized carbons (Fsp3) is 0.100. The third kappa shape index (κ3) is 2.59. The van der Waals surface area contributed by atoms with Gasteiger partial charge >= 0.3 is 6.18 Å². The Hall–Kier alpha value is -1.29. The van der Waals surface area contributed by atoms with Crippen LogP contribution in [0, 0.1) is 0 Å². The highest BCUT2D eigenvalue weighted by Crippen LogP contribution is 2.28. The van der Waals surface area contributed by atoms with E-state index in [9.17, 15) is 18.0 Å². The van der Waals surface area contributed by atoms with Crippen LogP contribution in [0.3, 0.4) is 0 Å². The molecule has 1 nitrogen and oxygen atoms in total. The highest BCUT2D eigenvalue weighted by molar-refractivity contribution is 6.35. The van der Waals surface area contributed by atoms with E-state index in [0.717, 1.165) is 0 Å². The van der Waals surface area contributed by atoms with Gasteiger partial charge in [0.1, 0.15) is 0 Å². The lowest BCUT2D eigenvalue weighted by atomic mass is 10.0. The van der Waals surface area contributed by atoms with Crippen LogP contribution < -0.4 is 0 Å². The van der Waals surface area contributed by atoms with Crippen LogP contribution in [-0.4, -0.2) is 12.0 Å². The van der Waals surface area contributed by atoms with Crippen LogP contribution in [0.15, 0.2) is 36.4 Å². The minimum Gasteiger partial charge on any atom is -0.289 e. The molecule has 0 spiro atoms. The average Bonchev–Trinajstić information content (AvgIpc) is 2.15. The number of alkyl halides is 3. The maximum absolute atomic E-state index is 12.2. The third-order valence-electron chi connectivity index (χ3n) is 1.73. The molecule has 1 rings (SSSR count). The molecule has 0 atom stereocenters. The molecular formula is C10H6ClF3O. The van der Waals surface area contributed by atoms with E-state index in [0.29, 0.717) is 0 Å². The van der Waals surface area contributed by atoms with Crippen LogP contribution in [0.25, 0.3) is 0 Å². The van der Waals surface area contributed by atoms with E-state index in [1.165, 1.54) is 24.3 Å². The predicted molar refractivity (Wildman–Crippen MR) is 51.0 cm³/mol. The molecule has 0 aromatic heterocycles. The van der Waals surface area contributed by atoms with E-state index < -0.39 is 17.5 Å². The fourth-order valence-corrected chi connectivity index (χ4v) is 1.16. The van der Waals surface area contributed by atoms with Gasteiger partial charge in [-0.25, -0.2) is 0 Å². The summed E-state index contributed by atoms with van der Waals surface area (Å²) in [7, 11) is 0. The van der Waals surface area contributed by atoms with Gasteiger partial charge in [0.2, 0.25) is 0 Å². The molecule has 15 heavy (non-hydrogen) atoms. The van der Waals surface area contributed by atoms with Crippen molar-refractivity contribution in [1.29, 1.82) is 0 Å². The average molecular weight is 235 g/mol. The fourth-order valence-electron chi connectivity index (χ4n) is 0.937. The zero-order chi connectivity index (χ0) is 11.6. The van der Waals surface area contributed by atoms with Gasteiger partial charge in [-0.3, -0.25) is 4.79 Å². The van der Waals surface area contributed by atoms with Gasteiger partial charge in [-0.2, -0.15) is 13.2 Å². The number of benzene rings is 1. The van der Waals surface area contributed by atoms with Crippen molar-refractivity contribution in [3.63, 3.8) is 0 Å². The second-order valence-electron chi connectivity index (χ2n) is 2.79. The van der Waals surface area contributed by atoms with Crippen molar-refractivity contribution in [2.24, 2.45) is 0 Å². The number of hydrogen-bond donors (Lipinski definition) is 0. The minimum absolute atomic E-state index is 0.0205. The Kier molecular flexibility index (Phi) is 3.19. The molecule has 0 fully saturated rings. The largest absolute Gasteiger partial charge is 0.419 e. The van der Waals surface area contributed by atoms with Crippen molar-refractivity contribution < 1.29 is 18.0 Å². The molecule has 5 heteroatoms. The molecular weight excluding hydrogens is 229 g/mol. The zero-order valence-corrected chi connectivity index (χ0v) is 8.19. The number of hydrogen-bond acceptors (Lipinski definition) is 1. The maximum Gasteiger partial charge on any atom is 0.419 e. The summed E-state index contributed by atoms with van der Waals surface area (Å²) in [5.41, 5.74) is -1.61. The van der Waals surface area contributed by atoms with Crippen molar-refractivity contribution in [2.75, 3.05) is 0 Å². The van der Waals surface area contributed by atoms with Crippen LogP contribution >= 0.6 is 11.6 Å². The highest BCUT2D eigenvalue weighted by Gasteiger charge is 2.37. The van der Waals surface area contributed by atoms with Gasteiger partial charge in [0.15, 0.2) is 5.78 Å². The second-order valence-corrected chi connectivity index (χ2v) is 3.19. The molecule has 0 aliphatic heterocycles. The molecule has 0 aliphatic carbocycles. The summed E-state index contributed by atoms with van der Waals surface area (Å²) in [5.74, 6) is -1.20. The summed E-state index contributed by atoms with van der Waals surface area (Å²) in [6, 6.07) is 5.53. The van der Waals surface area contributed by atoms with Crippen molar-refractivity contribution in [1.82, 2.24) is 0 Å². The molecule has 0 radical (unpaired) electrons. The quantitative estimate of drug-likeness (QED) is 0.564. The van der Waals surface area contributed by atoms with E-state index in [1.807, 2.05) is 0 Å². The molecule has 0 heterocycles. The molecule has 0 bridgehead atoms. The standard InChI is InChI=1S/C10H6ClF3O/c1-6(10(12,13)14)9(15)7-4-2-3-5-8(7)11/h2-5H,1H2. The molecule has 1 aromatic rings. The zero-order valence-electron chi connectivity index (χ0n) is 7.44. The first kappa shape index (κ1) is 11.8. The molecule has 0 saturated heterocycles. The summed E-state index contributed by atoms with van der Waals surface area (Å²) in [6.07, 6.45) is -4.73. The summed E-state index contributed by atoms with van der Waals surface area (Å²) in [6.45, 7) is 2.71. The van der Waals surface area contributed by atoms with Crippen LogP contribution in [0.4, 0.5) is 13.2 Å². The van der Waals surface area contributed by atoms with Gasteiger partial charge in [-0.1, -0.05) is 30.3 Å². The van der Waals surface area contributed by atoms with Crippen LogP contribution in [0.1, 0.15) is 10.4 Å². The van der Waals surface area contributed by atoms with Gasteiger partial charge < -0.3 is 0 Å². The normalized spacial score (nSPS) is 11.2. The first-order valence-corrected chi connectivity index (χ1v) is 4.27. The van der Waals surface area contributed by atoms with Crippen molar-refractivity contribution >= 4 is 17.4 Å². The number of ketones is 1. The van der Waals surface area contributed by atoms with E-state index in [-0.39, 0.29) is 10.6 Å². The Balaban J connectivity index is 3.07. The SMILES string of the molecule is C=C(C(=O)c1ccccc1Cl)C(F)(F)F. The lowest BCUT2D eigenvalue weighted by Crippen LogP contribution is -2.19. The Bertz CT molecular complexity index is 409. The molecule has 0 saturated carbocycles.